The van der Waals surface area contributed by atoms with Crippen molar-refractivity contribution >= 4 is 26.9 Å². The summed E-state index contributed by atoms with van der Waals surface area (Å²) in [7, 11) is -3.28. The molecule has 1 aromatic carbocycles. The molecule has 0 bridgehead atoms. The molecule has 0 radical (unpaired) electrons. The van der Waals surface area contributed by atoms with E-state index < -0.39 is 19.5 Å². The summed E-state index contributed by atoms with van der Waals surface area (Å²) in [4.78, 5) is 14.5. The number of rotatable bonds is 4. The van der Waals surface area contributed by atoms with Gasteiger partial charge in [-0.2, -0.15) is 0 Å². The van der Waals surface area contributed by atoms with Crippen LogP contribution in [-0.2, 0) is 15.6 Å². The fourth-order valence-corrected chi connectivity index (χ4v) is 3.79. The number of thiazole rings is 1. The average Bonchev–Trinajstić information content (AvgIpc) is 2.85. The number of nitro benzene ring substituents is 1. The zero-order valence-electron chi connectivity index (χ0n) is 12.4. The van der Waals surface area contributed by atoms with Gasteiger partial charge in [0.1, 0.15) is 10.8 Å². The second-order valence-corrected chi connectivity index (χ2v) is 9.49. The fourth-order valence-electron chi connectivity index (χ4n) is 1.64. The van der Waals surface area contributed by atoms with Gasteiger partial charge in [0.2, 0.25) is 0 Å². The lowest BCUT2D eigenvalue weighted by Gasteiger charge is -2.17. The van der Waals surface area contributed by atoms with Crippen molar-refractivity contribution in [2.24, 2.45) is 0 Å². The van der Waals surface area contributed by atoms with Crippen molar-refractivity contribution in [1.29, 1.82) is 0 Å². The first-order valence-electron chi connectivity index (χ1n) is 6.52. The van der Waals surface area contributed by atoms with Crippen molar-refractivity contribution in [2.75, 3.05) is 0 Å². The topological polar surface area (TPSA) is 90.2 Å². The van der Waals surface area contributed by atoms with E-state index in [9.17, 15) is 18.5 Å². The number of non-ortho nitro benzene ring substituents is 1. The first kappa shape index (κ1) is 16.6. The first-order valence-corrected chi connectivity index (χ1v) is 9.05. The Morgan fingerprint density at radius 3 is 2.32 bits per heavy atom. The largest absolute Gasteiger partial charge is 0.269 e. The Kier molecular flexibility index (Phi) is 4.35. The summed E-state index contributed by atoms with van der Waals surface area (Å²) >= 11 is 1.27. The molecule has 0 N–H and O–H groups in total. The molecule has 0 aliphatic carbocycles. The fraction of sp³-hybridized carbons (Fsp3) is 0.357. The Morgan fingerprint density at radius 2 is 1.82 bits per heavy atom. The van der Waals surface area contributed by atoms with Crippen molar-refractivity contribution in [3.63, 3.8) is 0 Å². The summed E-state index contributed by atoms with van der Waals surface area (Å²) in [6, 6.07) is 6.02. The van der Waals surface area contributed by atoms with Crippen LogP contribution in [0, 0.1) is 10.1 Å². The van der Waals surface area contributed by atoms with Gasteiger partial charge in [0.25, 0.3) is 5.69 Å². The molecule has 0 aliphatic heterocycles. The zero-order chi connectivity index (χ0) is 16.5. The van der Waals surface area contributed by atoms with Crippen LogP contribution in [0.1, 0.15) is 25.8 Å². The number of aromatic nitrogens is 1. The van der Waals surface area contributed by atoms with E-state index in [0.717, 1.165) is 5.56 Å². The highest BCUT2D eigenvalue weighted by atomic mass is 32.2. The maximum atomic E-state index is 12.2. The normalized spacial score (nSPS) is 12.3. The Bertz CT molecular complexity index is 787. The van der Waals surface area contributed by atoms with E-state index in [1.807, 2.05) is 0 Å². The van der Waals surface area contributed by atoms with Gasteiger partial charge in [-0.1, -0.05) is 0 Å². The number of sulfone groups is 1. The Hall–Kier alpha value is -1.80. The molecule has 0 aliphatic rings. The van der Waals surface area contributed by atoms with Gasteiger partial charge in [0, 0.05) is 23.1 Å². The number of nitrogens with zero attached hydrogens (tertiary/aromatic N) is 2. The van der Waals surface area contributed by atoms with E-state index in [4.69, 9.17) is 0 Å². The van der Waals surface area contributed by atoms with E-state index in [0.29, 0.717) is 10.7 Å². The van der Waals surface area contributed by atoms with Crippen molar-refractivity contribution in [3.8, 4) is 11.3 Å². The second-order valence-electron chi connectivity index (χ2n) is 5.80. The summed E-state index contributed by atoms with van der Waals surface area (Å²) in [6.45, 7) is 4.98. The SMILES string of the molecule is CC(C)(C)S(=O)(=O)Cc1nc(-c2ccc([N+](=O)[O-])cc2)cs1. The van der Waals surface area contributed by atoms with Gasteiger partial charge in [-0.25, -0.2) is 13.4 Å². The van der Waals surface area contributed by atoms with Crippen LogP contribution in [0.25, 0.3) is 11.3 Å². The molecule has 0 saturated carbocycles. The monoisotopic (exact) mass is 340 g/mol. The van der Waals surface area contributed by atoms with Gasteiger partial charge in [-0.15, -0.1) is 11.3 Å². The molecule has 2 rings (SSSR count). The third-order valence-electron chi connectivity index (χ3n) is 3.17. The van der Waals surface area contributed by atoms with Crippen molar-refractivity contribution in [1.82, 2.24) is 4.98 Å². The molecule has 1 heterocycles. The lowest BCUT2D eigenvalue weighted by molar-refractivity contribution is -0.384. The van der Waals surface area contributed by atoms with Gasteiger partial charge < -0.3 is 0 Å². The highest BCUT2D eigenvalue weighted by molar-refractivity contribution is 7.92. The minimum Gasteiger partial charge on any atom is -0.258 e. The lowest BCUT2D eigenvalue weighted by Crippen LogP contribution is -2.29. The van der Waals surface area contributed by atoms with Crippen LogP contribution in [0.3, 0.4) is 0 Å². The van der Waals surface area contributed by atoms with Crippen LogP contribution in [-0.4, -0.2) is 23.1 Å². The van der Waals surface area contributed by atoms with Crippen molar-refractivity contribution in [3.05, 3.63) is 44.8 Å². The van der Waals surface area contributed by atoms with E-state index in [2.05, 4.69) is 4.98 Å². The maximum Gasteiger partial charge on any atom is 0.269 e. The molecular formula is C14H16N2O4S2. The molecule has 6 nitrogen and oxygen atoms in total. The van der Waals surface area contributed by atoms with E-state index >= 15 is 0 Å². The molecule has 0 spiro atoms. The van der Waals surface area contributed by atoms with Gasteiger partial charge >= 0.3 is 0 Å². The van der Waals surface area contributed by atoms with Gasteiger partial charge in [0.15, 0.2) is 9.84 Å². The molecule has 118 valence electrons. The average molecular weight is 340 g/mol. The summed E-state index contributed by atoms with van der Waals surface area (Å²) in [5.74, 6) is -0.103. The predicted octanol–water partition coefficient (Wildman–Crippen LogP) is 3.43. The molecule has 0 amide bonds. The van der Waals surface area contributed by atoms with Crippen LogP contribution in [0.2, 0.25) is 0 Å². The van der Waals surface area contributed by atoms with Crippen LogP contribution >= 0.6 is 11.3 Å². The van der Waals surface area contributed by atoms with Gasteiger partial charge in [-0.05, 0) is 32.9 Å². The highest BCUT2D eigenvalue weighted by Gasteiger charge is 2.30. The summed E-state index contributed by atoms with van der Waals surface area (Å²) in [5.41, 5.74) is 1.36. The zero-order valence-corrected chi connectivity index (χ0v) is 14.1. The maximum absolute atomic E-state index is 12.2. The first-order chi connectivity index (χ1) is 10.1. The summed E-state index contributed by atoms with van der Waals surface area (Å²) in [6.07, 6.45) is 0. The Labute approximate surface area is 132 Å². The molecule has 0 unspecified atom stereocenters. The van der Waals surface area contributed by atoms with E-state index in [1.54, 1.807) is 38.3 Å². The molecule has 1 aromatic heterocycles. The van der Waals surface area contributed by atoms with Crippen molar-refractivity contribution in [2.45, 2.75) is 31.3 Å². The van der Waals surface area contributed by atoms with Crippen LogP contribution in [0.4, 0.5) is 5.69 Å². The van der Waals surface area contributed by atoms with Crippen LogP contribution in [0.5, 0.6) is 0 Å². The number of hydrogen-bond donors (Lipinski definition) is 0. The minimum atomic E-state index is -3.28. The standard InChI is InChI=1S/C14H16N2O4S2/c1-14(2,3)22(19,20)9-13-15-12(8-21-13)10-4-6-11(7-5-10)16(17)18/h4-8H,9H2,1-3H3. The third kappa shape index (κ3) is 3.50. The Balaban J connectivity index is 2.23. The van der Waals surface area contributed by atoms with Gasteiger partial charge in [-0.3, -0.25) is 10.1 Å². The molecule has 22 heavy (non-hydrogen) atoms. The number of benzene rings is 1. The number of nitro groups is 1. The van der Waals surface area contributed by atoms with Gasteiger partial charge in [0.05, 0.1) is 15.4 Å². The molecule has 0 saturated heterocycles. The summed E-state index contributed by atoms with van der Waals surface area (Å²) < 4.78 is 23.5. The molecular weight excluding hydrogens is 324 g/mol. The molecule has 8 heteroatoms. The summed E-state index contributed by atoms with van der Waals surface area (Å²) in [5, 5.41) is 12.9. The predicted molar refractivity (Wildman–Crippen MR) is 86.6 cm³/mol. The third-order valence-corrected chi connectivity index (χ3v) is 6.72. The van der Waals surface area contributed by atoms with Crippen LogP contribution < -0.4 is 0 Å². The van der Waals surface area contributed by atoms with Crippen LogP contribution in [0.15, 0.2) is 29.6 Å². The van der Waals surface area contributed by atoms with E-state index in [-0.39, 0.29) is 11.4 Å². The quantitative estimate of drug-likeness (QED) is 0.628. The highest BCUT2D eigenvalue weighted by Crippen LogP contribution is 2.27. The molecule has 0 atom stereocenters. The number of hydrogen-bond acceptors (Lipinski definition) is 6. The second kappa shape index (κ2) is 5.77. The smallest absolute Gasteiger partial charge is 0.258 e. The van der Waals surface area contributed by atoms with E-state index in [1.165, 1.54) is 23.5 Å². The lowest BCUT2D eigenvalue weighted by atomic mass is 10.1. The molecule has 2 aromatic rings. The van der Waals surface area contributed by atoms with Crippen molar-refractivity contribution < 1.29 is 13.3 Å². The Morgan fingerprint density at radius 1 is 1.23 bits per heavy atom. The minimum absolute atomic E-state index is 0.00881. The molecule has 0 fully saturated rings.